The average Bonchev–Trinajstić information content (AvgIpc) is 2.67. The molecule has 2 aromatic rings. The summed E-state index contributed by atoms with van der Waals surface area (Å²) in [5.41, 5.74) is 3.52. The van der Waals surface area contributed by atoms with E-state index in [4.69, 9.17) is 4.74 Å². The fraction of sp³-hybridized carbons (Fsp3) is 0.375. The summed E-state index contributed by atoms with van der Waals surface area (Å²) >= 11 is 0. The molecule has 1 amide bonds. The van der Waals surface area contributed by atoms with Gasteiger partial charge in [0.25, 0.3) is 0 Å². The first-order valence-electron chi connectivity index (χ1n) is 9.81. The number of carbonyl (C=O) groups is 1. The summed E-state index contributed by atoms with van der Waals surface area (Å²) in [6, 6.07) is 20.6. The molecule has 1 aliphatic heterocycles. The number of nitrogens with zero attached hydrogens (tertiary/aromatic N) is 1. The first kappa shape index (κ1) is 19.2. The van der Waals surface area contributed by atoms with E-state index < -0.39 is 0 Å². The second kappa shape index (κ2) is 9.40. The quantitative estimate of drug-likeness (QED) is 0.633. The maximum Gasteiger partial charge on any atom is 0.410 e. The molecule has 0 bridgehead atoms. The molecule has 2 aromatic carbocycles. The molecule has 3 nitrogen and oxygen atoms in total. The Kier molecular flexibility index (Phi) is 6.69. The molecule has 0 unspecified atom stereocenters. The number of rotatable bonds is 5. The Labute approximate surface area is 162 Å². The lowest BCUT2D eigenvalue weighted by molar-refractivity contribution is 0.0527. The molecule has 27 heavy (non-hydrogen) atoms. The minimum Gasteiger partial charge on any atom is -0.445 e. The fourth-order valence-corrected chi connectivity index (χ4v) is 3.82. The summed E-state index contributed by atoms with van der Waals surface area (Å²) in [6.45, 7) is 4.50. The van der Waals surface area contributed by atoms with Gasteiger partial charge in [-0.1, -0.05) is 72.3 Å². The monoisotopic (exact) mass is 363 g/mol. The minimum atomic E-state index is -0.206. The lowest BCUT2D eigenvalue weighted by Crippen LogP contribution is -2.50. The van der Waals surface area contributed by atoms with Gasteiger partial charge in [-0.3, -0.25) is 4.90 Å². The van der Waals surface area contributed by atoms with E-state index in [1.54, 1.807) is 0 Å². The van der Waals surface area contributed by atoms with Gasteiger partial charge in [-0.2, -0.15) is 0 Å². The molecule has 1 aliphatic rings. The summed E-state index contributed by atoms with van der Waals surface area (Å²) < 4.78 is 5.71. The highest BCUT2D eigenvalue weighted by atomic mass is 16.6. The van der Waals surface area contributed by atoms with Gasteiger partial charge in [0.05, 0.1) is 6.04 Å². The largest absolute Gasteiger partial charge is 0.445 e. The summed E-state index contributed by atoms with van der Waals surface area (Å²) in [5.74, 6) is 0. The van der Waals surface area contributed by atoms with Crippen molar-refractivity contribution in [3.05, 3.63) is 83.4 Å². The molecule has 2 atom stereocenters. The number of likely N-dealkylation sites (tertiary alicyclic amines) is 1. The van der Waals surface area contributed by atoms with Crippen molar-refractivity contribution >= 4 is 6.09 Å². The molecule has 0 aromatic heterocycles. The van der Waals surface area contributed by atoms with Crippen LogP contribution in [0.25, 0.3) is 0 Å². The van der Waals surface area contributed by atoms with Crippen molar-refractivity contribution in [2.45, 2.75) is 58.2 Å². The Balaban J connectivity index is 1.76. The van der Waals surface area contributed by atoms with Gasteiger partial charge in [-0.05, 0) is 50.7 Å². The summed E-state index contributed by atoms with van der Waals surface area (Å²) in [7, 11) is 0. The van der Waals surface area contributed by atoms with Gasteiger partial charge in [-0.15, -0.1) is 0 Å². The lowest BCUT2D eigenvalue weighted by atomic mass is 9.91. The highest BCUT2D eigenvalue weighted by Gasteiger charge is 2.34. The van der Waals surface area contributed by atoms with Crippen molar-refractivity contribution in [1.29, 1.82) is 0 Å². The average molecular weight is 364 g/mol. The number of benzene rings is 2. The smallest absolute Gasteiger partial charge is 0.410 e. The van der Waals surface area contributed by atoms with E-state index >= 15 is 0 Å². The zero-order valence-electron chi connectivity index (χ0n) is 16.3. The van der Waals surface area contributed by atoms with E-state index in [-0.39, 0.29) is 18.2 Å². The molecule has 0 N–H and O–H groups in total. The van der Waals surface area contributed by atoms with Gasteiger partial charge in [-0.25, -0.2) is 4.79 Å². The molecule has 3 rings (SSSR count). The zero-order valence-corrected chi connectivity index (χ0v) is 16.3. The molecule has 0 aliphatic carbocycles. The standard InChI is InChI=1S/C24H29NO2/c1-19(2)16-22-14-9-15-23(17-20-10-5-3-6-11-20)25(22)24(26)27-18-21-12-7-4-8-13-21/h3-8,10-13,16,22-23H,9,14-15,17-18H2,1-2H3/t22-,23+/m1/s1. The number of hydrogen-bond acceptors (Lipinski definition) is 2. The Morgan fingerprint density at radius 3 is 2.26 bits per heavy atom. The van der Waals surface area contributed by atoms with Crippen molar-refractivity contribution < 1.29 is 9.53 Å². The van der Waals surface area contributed by atoms with Crippen LogP contribution in [0.5, 0.6) is 0 Å². The molecule has 0 radical (unpaired) electrons. The van der Waals surface area contributed by atoms with Crippen molar-refractivity contribution in [2.24, 2.45) is 0 Å². The molecular weight excluding hydrogens is 334 g/mol. The summed E-state index contributed by atoms with van der Waals surface area (Å²) in [5, 5.41) is 0. The molecule has 142 valence electrons. The Hall–Kier alpha value is -2.55. The Bertz CT molecular complexity index is 750. The third-order valence-electron chi connectivity index (χ3n) is 5.04. The van der Waals surface area contributed by atoms with Gasteiger partial charge in [0.1, 0.15) is 6.61 Å². The van der Waals surface area contributed by atoms with E-state index in [2.05, 4.69) is 44.2 Å². The highest BCUT2D eigenvalue weighted by Crippen LogP contribution is 2.28. The number of hydrogen-bond donors (Lipinski definition) is 0. The predicted molar refractivity (Wildman–Crippen MR) is 109 cm³/mol. The van der Waals surface area contributed by atoms with Crippen LogP contribution in [0.3, 0.4) is 0 Å². The van der Waals surface area contributed by atoms with Crippen LogP contribution in [0.15, 0.2) is 72.3 Å². The van der Waals surface area contributed by atoms with E-state index in [1.807, 2.05) is 41.3 Å². The summed E-state index contributed by atoms with van der Waals surface area (Å²) in [4.78, 5) is 15.0. The Morgan fingerprint density at radius 2 is 1.63 bits per heavy atom. The van der Waals surface area contributed by atoms with Crippen molar-refractivity contribution in [3.63, 3.8) is 0 Å². The van der Waals surface area contributed by atoms with E-state index in [1.165, 1.54) is 11.1 Å². The van der Waals surface area contributed by atoms with Gasteiger partial charge >= 0.3 is 6.09 Å². The van der Waals surface area contributed by atoms with Gasteiger partial charge in [0.2, 0.25) is 0 Å². The Morgan fingerprint density at radius 1 is 1.00 bits per heavy atom. The molecule has 1 fully saturated rings. The fourth-order valence-electron chi connectivity index (χ4n) is 3.82. The van der Waals surface area contributed by atoms with Crippen LogP contribution >= 0.6 is 0 Å². The molecule has 0 saturated carbocycles. The predicted octanol–water partition coefficient (Wildman–Crippen LogP) is 5.76. The normalized spacial score (nSPS) is 19.4. The van der Waals surface area contributed by atoms with E-state index in [0.29, 0.717) is 6.61 Å². The minimum absolute atomic E-state index is 0.112. The maximum atomic E-state index is 13.0. The van der Waals surface area contributed by atoms with E-state index in [0.717, 1.165) is 31.2 Å². The number of carbonyl (C=O) groups excluding carboxylic acids is 1. The van der Waals surface area contributed by atoms with Crippen molar-refractivity contribution in [2.75, 3.05) is 0 Å². The third kappa shape index (κ3) is 5.46. The molecular formula is C24H29NO2. The summed E-state index contributed by atoms with van der Waals surface area (Å²) in [6.07, 6.45) is 6.02. The van der Waals surface area contributed by atoms with Gasteiger partial charge in [0, 0.05) is 6.04 Å². The van der Waals surface area contributed by atoms with Crippen LogP contribution in [0.1, 0.15) is 44.2 Å². The second-order valence-electron chi connectivity index (χ2n) is 7.53. The number of allylic oxidation sites excluding steroid dienone is 1. The molecule has 0 spiro atoms. The first-order valence-corrected chi connectivity index (χ1v) is 9.81. The maximum absolute atomic E-state index is 13.0. The van der Waals surface area contributed by atoms with Gasteiger partial charge in [0.15, 0.2) is 0 Å². The third-order valence-corrected chi connectivity index (χ3v) is 5.04. The SMILES string of the molecule is CC(C)=C[C@H]1CCC[C@@H](Cc2ccccc2)N1C(=O)OCc1ccccc1. The van der Waals surface area contributed by atoms with Crippen LogP contribution in [-0.2, 0) is 17.8 Å². The van der Waals surface area contributed by atoms with Crippen LogP contribution in [0.4, 0.5) is 4.79 Å². The van der Waals surface area contributed by atoms with Crippen molar-refractivity contribution in [3.8, 4) is 0 Å². The first-order chi connectivity index (χ1) is 13.1. The van der Waals surface area contributed by atoms with Gasteiger partial charge < -0.3 is 4.74 Å². The van der Waals surface area contributed by atoms with Crippen LogP contribution < -0.4 is 0 Å². The second-order valence-corrected chi connectivity index (χ2v) is 7.53. The van der Waals surface area contributed by atoms with E-state index in [9.17, 15) is 4.79 Å². The van der Waals surface area contributed by atoms with Crippen LogP contribution in [-0.4, -0.2) is 23.1 Å². The molecule has 3 heteroatoms. The lowest BCUT2D eigenvalue weighted by Gasteiger charge is -2.40. The van der Waals surface area contributed by atoms with Crippen LogP contribution in [0.2, 0.25) is 0 Å². The number of amides is 1. The topological polar surface area (TPSA) is 29.5 Å². The number of ether oxygens (including phenoxy) is 1. The van der Waals surface area contributed by atoms with Crippen molar-refractivity contribution in [1.82, 2.24) is 4.90 Å². The number of piperidine rings is 1. The zero-order chi connectivity index (χ0) is 19.1. The molecule has 1 heterocycles. The highest BCUT2D eigenvalue weighted by molar-refractivity contribution is 5.69. The molecule has 1 saturated heterocycles. The van der Waals surface area contributed by atoms with Crippen LogP contribution in [0, 0.1) is 0 Å².